The van der Waals surface area contributed by atoms with Crippen molar-refractivity contribution in [1.82, 2.24) is 5.32 Å². The van der Waals surface area contributed by atoms with Crippen molar-refractivity contribution in [3.05, 3.63) is 81.1 Å². The molecule has 0 saturated carbocycles. The lowest BCUT2D eigenvalue weighted by Gasteiger charge is -2.20. The summed E-state index contributed by atoms with van der Waals surface area (Å²) in [5.74, 6) is 0. The highest BCUT2D eigenvalue weighted by molar-refractivity contribution is 6.31. The predicted octanol–water partition coefficient (Wildman–Crippen LogP) is 3.82. The van der Waals surface area contributed by atoms with Gasteiger partial charge < -0.3 is 10.6 Å². The monoisotopic (exact) mass is 301 g/mol. The number of hydrogen-bond donors (Lipinski definition) is 2. The minimum atomic E-state index is -0.401. The molecule has 0 radical (unpaired) electrons. The van der Waals surface area contributed by atoms with Crippen LogP contribution >= 0.6 is 11.6 Å². The minimum Gasteiger partial charge on any atom is -0.379 e. The van der Waals surface area contributed by atoms with E-state index in [9.17, 15) is 10.1 Å². The molecule has 6 heteroatoms. The number of fused-ring (bicyclic) bond motifs is 1. The molecule has 0 saturated heterocycles. The predicted molar refractivity (Wildman–Crippen MR) is 82.3 cm³/mol. The van der Waals surface area contributed by atoms with E-state index in [-0.39, 0.29) is 11.7 Å². The summed E-state index contributed by atoms with van der Waals surface area (Å²) in [7, 11) is 0. The summed E-state index contributed by atoms with van der Waals surface area (Å²) in [5, 5.41) is 17.9. The first-order valence-electron chi connectivity index (χ1n) is 6.37. The Kier molecular flexibility index (Phi) is 3.50. The average Bonchev–Trinajstić information content (AvgIpc) is 2.69. The molecule has 21 heavy (non-hydrogen) atoms. The number of nitro benzene ring substituents is 1. The molecular formula is C15H12ClN3O2. The van der Waals surface area contributed by atoms with Crippen molar-refractivity contribution >= 4 is 23.0 Å². The van der Waals surface area contributed by atoms with Crippen LogP contribution in [0.3, 0.4) is 0 Å². The Balaban J connectivity index is 2.15. The molecule has 0 amide bonds. The SMILES string of the molecule is O=[N+]([O-])c1ccc2c(c1)C(c1ccccc1Cl)NC=CN2. The summed E-state index contributed by atoms with van der Waals surface area (Å²) in [6.45, 7) is 0. The zero-order valence-electron chi connectivity index (χ0n) is 10.9. The van der Waals surface area contributed by atoms with E-state index in [0.29, 0.717) is 5.02 Å². The van der Waals surface area contributed by atoms with Crippen LogP contribution in [0.2, 0.25) is 5.02 Å². The molecule has 5 nitrogen and oxygen atoms in total. The summed E-state index contributed by atoms with van der Waals surface area (Å²) < 4.78 is 0. The van der Waals surface area contributed by atoms with E-state index < -0.39 is 4.92 Å². The van der Waals surface area contributed by atoms with Crippen LogP contribution in [0.25, 0.3) is 0 Å². The molecule has 0 fully saturated rings. The molecular weight excluding hydrogens is 290 g/mol. The van der Waals surface area contributed by atoms with Crippen molar-refractivity contribution in [3.8, 4) is 0 Å². The zero-order valence-corrected chi connectivity index (χ0v) is 11.7. The highest BCUT2D eigenvalue weighted by atomic mass is 35.5. The fourth-order valence-corrected chi connectivity index (χ4v) is 2.61. The van der Waals surface area contributed by atoms with Crippen LogP contribution in [0.5, 0.6) is 0 Å². The number of benzene rings is 2. The topological polar surface area (TPSA) is 67.2 Å². The fraction of sp³-hybridized carbons (Fsp3) is 0.0667. The highest BCUT2D eigenvalue weighted by Gasteiger charge is 2.22. The van der Waals surface area contributed by atoms with Crippen LogP contribution in [0.1, 0.15) is 17.2 Å². The maximum Gasteiger partial charge on any atom is 0.269 e. The molecule has 2 N–H and O–H groups in total. The Labute approximate surface area is 126 Å². The van der Waals surface area contributed by atoms with Gasteiger partial charge in [0, 0.05) is 40.8 Å². The molecule has 1 heterocycles. The second-order valence-corrected chi connectivity index (χ2v) is 5.03. The van der Waals surface area contributed by atoms with Gasteiger partial charge in [0.1, 0.15) is 0 Å². The molecule has 0 bridgehead atoms. The van der Waals surface area contributed by atoms with Crippen LogP contribution in [0.4, 0.5) is 11.4 Å². The first-order chi connectivity index (χ1) is 10.2. The van der Waals surface area contributed by atoms with Crippen LogP contribution in [-0.2, 0) is 0 Å². The second-order valence-electron chi connectivity index (χ2n) is 4.63. The molecule has 3 rings (SSSR count). The molecule has 0 aliphatic carbocycles. The van der Waals surface area contributed by atoms with Gasteiger partial charge in [-0.2, -0.15) is 0 Å². The van der Waals surface area contributed by atoms with E-state index in [4.69, 9.17) is 11.6 Å². The third kappa shape index (κ3) is 2.55. The van der Waals surface area contributed by atoms with E-state index in [2.05, 4.69) is 10.6 Å². The molecule has 1 aliphatic heterocycles. The Bertz CT molecular complexity index is 731. The minimum absolute atomic E-state index is 0.0521. The van der Waals surface area contributed by atoms with Gasteiger partial charge in [-0.15, -0.1) is 0 Å². The number of hydrogen-bond acceptors (Lipinski definition) is 4. The smallest absolute Gasteiger partial charge is 0.269 e. The van der Waals surface area contributed by atoms with Crippen LogP contribution in [-0.4, -0.2) is 4.92 Å². The largest absolute Gasteiger partial charge is 0.379 e. The number of nitrogens with zero attached hydrogens (tertiary/aromatic N) is 1. The van der Waals surface area contributed by atoms with Crippen molar-refractivity contribution in [2.24, 2.45) is 0 Å². The van der Waals surface area contributed by atoms with E-state index in [0.717, 1.165) is 16.8 Å². The quantitative estimate of drug-likeness (QED) is 0.653. The molecule has 0 aromatic heterocycles. The Morgan fingerprint density at radius 3 is 2.67 bits per heavy atom. The standard InChI is InChI=1S/C15H12ClN3O2/c16-13-4-2-1-3-11(13)15-12-9-10(19(20)21)5-6-14(12)17-7-8-18-15/h1-9,15,17-18H. The Hall–Kier alpha value is -2.53. The maximum absolute atomic E-state index is 11.0. The molecule has 0 spiro atoms. The lowest BCUT2D eigenvalue weighted by molar-refractivity contribution is -0.384. The Morgan fingerprint density at radius 2 is 1.90 bits per heavy atom. The van der Waals surface area contributed by atoms with E-state index in [1.165, 1.54) is 6.07 Å². The number of rotatable bonds is 2. The van der Waals surface area contributed by atoms with Crippen LogP contribution in [0.15, 0.2) is 54.9 Å². The zero-order chi connectivity index (χ0) is 14.8. The summed E-state index contributed by atoms with van der Waals surface area (Å²) >= 11 is 6.26. The summed E-state index contributed by atoms with van der Waals surface area (Å²) in [6, 6.07) is 12.0. The van der Waals surface area contributed by atoms with Gasteiger partial charge in [-0.3, -0.25) is 10.1 Å². The second kappa shape index (κ2) is 5.46. The van der Waals surface area contributed by atoms with Gasteiger partial charge in [0.15, 0.2) is 0 Å². The van der Waals surface area contributed by atoms with Gasteiger partial charge >= 0.3 is 0 Å². The molecule has 1 atom stereocenters. The summed E-state index contributed by atoms with van der Waals surface area (Å²) in [5.41, 5.74) is 2.51. The fourth-order valence-electron chi connectivity index (χ4n) is 2.37. The van der Waals surface area contributed by atoms with E-state index in [1.54, 1.807) is 30.6 Å². The summed E-state index contributed by atoms with van der Waals surface area (Å²) in [6.07, 6.45) is 3.52. The van der Waals surface area contributed by atoms with Gasteiger partial charge in [-0.05, 0) is 17.7 Å². The molecule has 2 aromatic rings. The Morgan fingerprint density at radius 1 is 1.10 bits per heavy atom. The van der Waals surface area contributed by atoms with E-state index in [1.807, 2.05) is 18.2 Å². The van der Waals surface area contributed by atoms with Crippen LogP contribution < -0.4 is 10.6 Å². The van der Waals surface area contributed by atoms with Crippen molar-refractivity contribution in [3.63, 3.8) is 0 Å². The molecule has 2 aromatic carbocycles. The van der Waals surface area contributed by atoms with Crippen molar-refractivity contribution in [2.75, 3.05) is 5.32 Å². The average molecular weight is 302 g/mol. The lowest BCUT2D eigenvalue weighted by Crippen LogP contribution is -2.16. The number of non-ortho nitro benzene ring substituents is 1. The van der Waals surface area contributed by atoms with Gasteiger partial charge in [0.2, 0.25) is 0 Å². The molecule has 106 valence electrons. The lowest BCUT2D eigenvalue weighted by atomic mass is 9.97. The maximum atomic E-state index is 11.0. The summed E-state index contributed by atoms with van der Waals surface area (Å²) in [4.78, 5) is 10.6. The van der Waals surface area contributed by atoms with Crippen molar-refractivity contribution in [2.45, 2.75) is 6.04 Å². The van der Waals surface area contributed by atoms with Gasteiger partial charge in [0.05, 0.1) is 11.0 Å². The number of halogens is 1. The van der Waals surface area contributed by atoms with E-state index >= 15 is 0 Å². The normalized spacial score (nSPS) is 16.3. The molecule has 1 aliphatic rings. The third-order valence-electron chi connectivity index (χ3n) is 3.36. The van der Waals surface area contributed by atoms with Crippen molar-refractivity contribution < 1.29 is 4.92 Å². The number of nitro groups is 1. The van der Waals surface area contributed by atoms with Crippen molar-refractivity contribution in [1.29, 1.82) is 0 Å². The highest BCUT2D eigenvalue weighted by Crippen LogP contribution is 2.35. The number of nitrogens with one attached hydrogen (secondary N) is 2. The van der Waals surface area contributed by atoms with Crippen LogP contribution in [0, 0.1) is 10.1 Å². The van der Waals surface area contributed by atoms with Gasteiger partial charge in [-0.1, -0.05) is 29.8 Å². The van der Waals surface area contributed by atoms with Gasteiger partial charge in [-0.25, -0.2) is 0 Å². The number of anilines is 1. The molecule has 1 unspecified atom stereocenters. The van der Waals surface area contributed by atoms with Gasteiger partial charge in [0.25, 0.3) is 5.69 Å². The third-order valence-corrected chi connectivity index (χ3v) is 3.70. The first kappa shape index (κ1) is 13.5. The first-order valence-corrected chi connectivity index (χ1v) is 6.75.